The summed E-state index contributed by atoms with van der Waals surface area (Å²) in [6, 6.07) is 6.28. The molecule has 0 radical (unpaired) electrons. The van der Waals surface area contributed by atoms with Crippen molar-refractivity contribution in [3.8, 4) is 28.7 Å². The summed E-state index contributed by atoms with van der Waals surface area (Å²) in [6.45, 7) is 0. The zero-order valence-electron chi connectivity index (χ0n) is 13.4. The van der Waals surface area contributed by atoms with Crippen LogP contribution in [0.25, 0.3) is 6.08 Å². The molecule has 0 atom stereocenters. The molecule has 9 heteroatoms. The number of ether oxygens (including phenoxy) is 1. The molecule has 0 heterocycles. The van der Waals surface area contributed by atoms with Crippen molar-refractivity contribution in [1.29, 1.82) is 0 Å². The number of aliphatic carboxylic acids is 1. The summed E-state index contributed by atoms with van der Waals surface area (Å²) in [5, 5.41) is 52.6. The van der Waals surface area contributed by atoms with Crippen molar-refractivity contribution in [3.05, 3.63) is 47.5 Å². The number of hydrogen-bond donors (Lipinski definition) is 6. The van der Waals surface area contributed by atoms with E-state index >= 15 is 0 Å². The normalized spacial score (nSPS) is 10.0. The predicted molar refractivity (Wildman–Crippen MR) is 89.7 cm³/mol. The molecule has 0 saturated heterocycles. The Bertz CT molecular complexity index is 817. The van der Waals surface area contributed by atoms with Crippen LogP contribution in [0, 0.1) is 0 Å². The van der Waals surface area contributed by atoms with Crippen molar-refractivity contribution in [1.82, 2.24) is 0 Å². The largest absolute Gasteiger partial charge is 0.504 e. The second-order valence-electron chi connectivity index (χ2n) is 4.77. The van der Waals surface area contributed by atoms with Gasteiger partial charge in [0.05, 0.1) is 12.7 Å². The molecule has 138 valence electrons. The monoisotopic (exact) mass is 364 g/mol. The number of phenols is 4. The first kappa shape index (κ1) is 20.2. The predicted octanol–water partition coefficient (Wildman–Crippen LogP) is 2.00. The summed E-state index contributed by atoms with van der Waals surface area (Å²) in [5.41, 5.74) is 0.366. The average molecular weight is 364 g/mol. The Balaban J connectivity index is 0.000000263. The highest BCUT2D eigenvalue weighted by atomic mass is 16.5. The van der Waals surface area contributed by atoms with Gasteiger partial charge in [-0.1, -0.05) is 6.07 Å². The summed E-state index contributed by atoms with van der Waals surface area (Å²) in [5.74, 6) is -4.00. The van der Waals surface area contributed by atoms with E-state index in [9.17, 15) is 14.7 Å². The average Bonchev–Trinajstić information content (AvgIpc) is 2.58. The number of phenolic OH excluding ortho intramolecular Hbond substituents is 4. The maximum absolute atomic E-state index is 10.3. The first-order valence-electron chi connectivity index (χ1n) is 6.92. The Morgan fingerprint density at radius 2 is 1.50 bits per heavy atom. The fourth-order valence-electron chi connectivity index (χ4n) is 1.69. The molecule has 0 unspecified atom stereocenters. The Kier molecular flexibility index (Phi) is 6.85. The molecule has 26 heavy (non-hydrogen) atoms. The summed E-state index contributed by atoms with van der Waals surface area (Å²) < 4.78 is 4.86. The highest BCUT2D eigenvalue weighted by molar-refractivity contribution is 5.89. The minimum atomic E-state index is -1.29. The third-order valence-corrected chi connectivity index (χ3v) is 2.94. The second-order valence-corrected chi connectivity index (χ2v) is 4.77. The summed E-state index contributed by atoms with van der Waals surface area (Å²) in [4.78, 5) is 20.5. The summed E-state index contributed by atoms with van der Waals surface area (Å²) in [6.07, 6.45) is 2.44. The van der Waals surface area contributed by atoms with Gasteiger partial charge < -0.3 is 35.4 Å². The lowest BCUT2D eigenvalue weighted by Gasteiger charge is -2.03. The van der Waals surface area contributed by atoms with Gasteiger partial charge >= 0.3 is 11.9 Å². The lowest BCUT2D eigenvalue weighted by atomic mass is 10.2. The number of aromatic carboxylic acids is 1. The van der Waals surface area contributed by atoms with Crippen molar-refractivity contribution >= 4 is 18.0 Å². The van der Waals surface area contributed by atoms with Gasteiger partial charge in [-0.25, -0.2) is 9.59 Å². The first-order chi connectivity index (χ1) is 12.1. The molecule has 0 bridgehead atoms. The third kappa shape index (κ3) is 5.64. The van der Waals surface area contributed by atoms with Crippen LogP contribution < -0.4 is 4.74 Å². The van der Waals surface area contributed by atoms with Crippen LogP contribution in [-0.2, 0) is 4.79 Å². The van der Waals surface area contributed by atoms with Crippen LogP contribution >= 0.6 is 0 Å². The topological polar surface area (TPSA) is 165 Å². The van der Waals surface area contributed by atoms with E-state index in [0.29, 0.717) is 11.3 Å². The van der Waals surface area contributed by atoms with Gasteiger partial charge in [-0.05, 0) is 35.9 Å². The fraction of sp³-hybridized carbons (Fsp3) is 0.0588. The van der Waals surface area contributed by atoms with Crippen LogP contribution in [0.1, 0.15) is 15.9 Å². The van der Waals surface area contributed by atoms with E-state index in [1.54, 1.807) is 12.1 Å². The molecule has 2 aromatic carbocycles. The Morgan fingerprint density at radius 1 is 0.923 bits per heavy atom. The molecule has 0 aliphatic carbocycles. The second kappa shape index (κ2) is 8.83. The summed E-state index contributed by atoms with van der Waals surface area (Å²) in [7, 11) is 1.43. The maximum Gasteiger partial charge on any atom is 0.335 e. The van der Waals surface area contributed by atoms with Gasteiger partial charge in [-0.15, -0.1) is 0 Å². The number of carbonyl (C=O) groups is 2. The van der Waals surface area contributed by atoms with Gasteiger partial charge in [-0.3, -0.25) is 0 Å². The van der Waals surface area contributed by atoms with Crippen molar-refractivity contribution in [2.75, 3.05) is 7.11 Å². The first-order valence-corrected chi connectivity index (χ1v) is 6.92. The van der Waals surface area contributed by atoms with Gasteiger partial charge in [0.15, 0.2) is 28.7 Å². The highest BCUT2D eigenvalue weighted by Gasteiger charge is 2.11. The van der Waals surface area contributed by atoms with E-state index in [1.807, 2.05) is 0 Å². The molecule has 2 aromatic rings. The molecule has 6 N–H and O–H groups in total. The number of hydrogen-bond acceptors (Lipinski definition) is 7. The van der Waals surface area contributed by atoms with E-state index in [1.165, 1.54) is 19.3 Å². The molecular formula is C17H16O9. The number of methoxy groups -OCH3 is 1. The highest BCUT2D eigenvalue weighted by Crippen LogP contribution is 2.35. The lowest BCUT2D eigenvalue weighted by molar-refractivity contribution is -0.131. The molecule has 0 aliphatic rings. The smallest absolute Gasteiger partial charge is 0.335 e. The van der Waals surface area contributed by atoms with Crippen molar-refractivity contribution < 1.29 is 45.0 Å². The molecule has 0 aromatic heterocycles. The Labute approximate surface area is 147 Å². The van der Waals surface area contributed by atoms with Crippen molar-refractivity contribution in [2.24, 2.45) is 0 Å². The molecule has 9 nitrogen and oxygen atoms in total. The van der Waals surface area contributed by atoms with E-state index in [0.717, 1.165) is 18.2 Å². The number of rotatable bonds is 4. The van der Waals surface area contributed by atoms with Crippen LogP contribution in [0.5, 0.6) is 28.7 Å². The summed E-state index contributed by atoms with van der Waals surface area (Å²) >= 11 is 0. The minimum Gasteiger partial charge on any atom is -0.504 e. The molecular weight excluding hydrogens is 348 g/mol. The number of aromatic hydroxyl groups is 4. The van der Waals surface area contributed by atoms with Crippen molar-refractivity contribution in [2.45, 2.75) is 0 Å². The van der Waals surface area contributed by atoms with Crippen LogP contribution in [0.4, 0.5) is 0 Å². The fourth-order valence-corrected chi connectivity index (χ4v) is 1.69. The molecule has 0 amide bonds. The van der Waals surface area contributed by atoms with Crippen LogP contribution in [0.15, 0.2) is 36.4 Å². The van der Waals surface area contributed by atoms with Crippen LogP contribution in [0.2, 0.25) is 0 Å². The number of benzene rings is 2. The number of carboxylic acids is 2. The molecule has 2 rings (SSSR count). The van der Waals surface area contributed by atoms with E-state index in [-0.39, 0.29) is 11.3 Å². The van der Waals surface area contributed by atoms with Gasteiger partial charge in [0, 0.05) is 6.08 Å². The molecule has 0 saturated carbocycles. The van der Waals surface area contributed by atoms with Gasteiger partial charge in [0.2, 0.25) is 0 Å². The molecule has 0 fully saturated rings. The Morgan fingerprint density at radius 3 is 1.96 bits per heavy atom. The van der Waals surface area contributed by atoms with E-state index in [4.69, 9.17) is 30.3 Å². The third-order valence-electron chi connectivity index (χ3n) is 2.94. The Hall–Kier alpha value is -3.88. The van der Waals surface area contributed by atoms with Gasteiger partial charge in [-0.2, -0.15) is 0 Å². The zero-order valence-corrected chi connectivity index (χ0v) is 13.4. The van der Waals surface area contributed by atoms with Gasteiger partial charge in [0.1, 0.15) is 0 Å². The van der Waals surface area contributed by atoms with Crippen LogP contribution in [-0.4, -0.2) is 49.7 Å². The molecule has 0 aliphatic heterocycles. The van der Waals surface area contributed by atoms with E-state index < -0.39 is 29.2 Å². The quantitative estimate of drug-likeness (QED) is 0.351. The van der Waals surface area contributed by atoms with E-state index in [2.05, 4.69) is 0 Å². The number of carboxylic acid groups (broad SMARTS) is 2. The SMILES string of the molecule is COc1cc(/C=C/C(=O)O)ccc1O.O=C(O)c1cc(O)c(O)c(O)c1. The lowest BCUT2D eigenvalue weighted by Crippen LogP contribution is -1.95. The van der Waals surface area contributed by atoms with Crippen LogP contribution in [0.3, 0.4) is 0 Å². The van der Waals surface area contributed by atoms with Gasteiger partial charge in [0.25, 0.3) is 0 Å². The maximum atomic E-state index is 10.3. The van der Waals surface area contributed by atoms with Crippen molar-refractivity contribution in [3.63, 3.8) is 0 Å². The minimum absolute atomic E-state index is 0.0278. The zero-order chi connectivity index (χ0) is 19.9. The molecule has 0 spiro atoms. The standard InChI is InChI=1S/C10H10O4.C7H6O5/c1-14-9-6-7(2-4-8(9)11)3-5-10(12)13;8-4-1-3(7(11)12)2-5(9)6(4)10/h2-6,11H,1H3,(H,12,13);1-2,8-10H,(H,11,12)/b5-3+;.